The van der Waals surface area contributed by atoms with Crippen molar-refractivity contribution in [2.24, 2.45) is 0 Å². The first-order valence-corrected chi connectivity index (χ1v) is 11.1. The molecule has 0 spiro atoms. The van der Waals surface area contributed by atoms with Gasteiger partial charge in [0.05, 0.1) is 24.8 Å². The molecular formula is C25H29N5O3. The Morgan fingerprint density at radius 3 is 2.73 bits per heavy atom. The number of aryl methyl sites for hydroxylation is 1. The zero-order chi connectivity index (χ0) is 23.2. The third kappa shape index (κ3) is 5.52. The lowest BCUT2D eigenvalue weighted by Crippen LogP contribution is -2.52. The number of hydrogen-bond donors (Lipinski definition) is 2. The highest BCUT2D eigenvalue weighted by molar-refractivity contribution is 5.95. The first kappa shape index (κ1) is 22.4. The van der Waals surface area contributed by atoms with E-state index in [9.17, 15) is 9.59 Å². The molecule has 1 aliphatic rings. The van der Waals surface area contributed by atoms with Crippen LogP contribution in [0.25, 0.3) is 5.69 Å². The molecule has 0 saturated carbocycles. The van der Waals surface area contributed by atoms with Gasteiger partial charge in [-0.1, -0.05) is 30.3 Å². The zero-order valence-corrected chi connectivity index (χ0v) is 19.0. The molecule has 4 rings (SSSR count). The summed E-state index contributed by atoms with van der Waals surface area (Å²) < 4.78 is 7.38. The molecule has 1 aliphatic heterocycles. The average molecular weight is 448 g/mol. The molecule has 1 fully saturated rings. The van der Waals surface area contributed by atoms with Gasteiger partial charge in [-0.05, 0) is 43.5 Å². The minimum absolute atomic E-state index is 0.101. The molecular weight excluding hydrogens is 418 g/mol. The second-order valence-electron chi connectivity index (χ2n) is 8.21. The number of methoxy groups -OCH3 is 1. The van der Waals surface area contributed by atoms with Gasteiger partial charge in [-0.3, -0.25) is 4.79 Å². The number of nitrogens with zero attached hydrogens (tertiary/aromatic N) is 3. The summed E-state index contributed by atoms with van der Waals surface area (Å²) >= 11 is 0. The van der Waals surface area contributed by atoms with E-state index in [2.05, 4.69) is 15.6 Å². The summed E-state index contributed by atoms with van der Waals surface area (Å²) in [5.41, 5.74) is 3.27. The molecule has 0 aliphatic carbocycles. The number of benzene rings is 2. The molecule has 172 valence electrons. The van der Waals surface area contributed by atoms with Crippen LogP contribution in [0.3, 0.4) is 0 Å². The van der Waals surface area contributed by atoms with Crippen molar-refractivity contribution < 1.29 is 14.3 Å². The van der Waals surface area contributed by atoms with E-state index in [1.165, 1.54) is 0 Å². The van der Waals surface area contributed by atoms with Gasteiger partial charge in [-0.15, -0.1) is 0 Å². The van der Waals surface area contributed by atoms with Crippen molar-refractivity contribution >= 4 is 11.9 Å². The standard InChI is InChI=1S/C25H29N5O3/c1-18-15-30(17-27-18)22-11-10-20(13-23(22)33-2)24(31)28-21-9-6-12-29(16-21)25(32)26-14-19-7-4-3-5-8-19/h3-5,7-8,10-11,13,15,17,21H,6,9,12,14,16H2,1-2H3,(H,26,32)(H,28,31). The zero-order valence-electron chi connectivity index (χ0n) is 19.0. The monoisotopic (exact) mass is 447 g/mol. The van der Waals surface area contributed by atoms with E-state index in [1.807, 2.05) is 54.1 Å². The van der Waals surface area contributed by atoms with E-state index in [0.717, 1.165) is 29.8 Å². The Balaban J connectivity index is 1.36. The van der Waals surface area contributed by atoms with Gasteiger partial charge in [0.2, 0.25) is 0 Å². The smallest absolute Gasteiger partial charge is 0.317 e. The summed E-state index contributed by atoms with van der Waals surface area (Å²) in [6.07, 6.45) is 5.28. The molecule has 2 heterocycles. The van der Waals surface area contributed by atoms with Crippen molar-refractivity contribution in [1.29, 1.82) is 0 Å². The topological polar surface area (TPSA) is 88.5 Å². The second-order valence-corrected chi connectivity index (χ2v) is 8.21. The van der Waals surface area contributed by atoms with Gasteiger partial charge < -0.3 is 24.8 Å². The Kier molecular flexibility index (Phi) is 6.92. The molecule has 8 nitrogen and oxygen atoms in total. The molecule has 0 radical (unpaired) electrons. The lowest BCUT2D eigenvalue weighted by Gasteiger charge is -2.33. The number of rotatable bonds is 6. The molecule has 3 amide bonds. The molecule has 8 heteroatoms. The Bertz CT molecular complexity index is 1110. The molecule has 1 saturated heterocycles. The van der Waals surface area contributed by atoms with E-state index in [0.29, 0.717) is 30.9 Å². The van der Waals surface area contributed by atoms with Crippen LogP contribution >= 0.6 is 0 Å². The summed E-state index contributed by atoms with van der Waals surface area (Å²) in [5.74, 6) is 0.406. The third-order valence-corrected chi connectivity index (χ3v) is 5.76. The number of carbonyl (C=O) groups is 2. The van der Waals surface area contributed by atoms with E-state index in [-0.39, 0.29) is 18.0 Å². The van der Waals surface area contributed by atoms with Crippen LogP contribution in [0.15, 0.2) is 61.1 Å². The number of carbonyl (C=O) groups excluding carboxylic acids is 2. The van der Waals surface area contributed by atoms with Crippen LogP contribution in [0.4, 0.5) is 4.79 Å². The van der Waals surface area contributed by atoms with Crippen LogP contribution < -0.4 is 15.4 Å². The number of hydrogen-bond acceptors (Lipinski definition) is 4. The SMILES string of the molecule is COc1cc(C(=O)NC2CCCN(C(=O)NCc3ccccc3)C2)ccc1-n1cnc(C)c1. The number of urea groups is 1. The van der Waals surface area contributed by atoms with E-state index in [4.69, 9.17) is 4.74 Å². The van der Waals surface area contributed by atoms with Gasteiger partial charge in [-0.25, -0.2) is 9.78 Å². The van der Waals surface area contributed by atoms with Crippen LogP contribution in [-0.4, -0.2) is 52.6 Å². The Morgan fingerprint density at radius 1 is 1.18 bits per heavy atom. The van der Waals surface area contributed by atoms with Crippen molar-refractivity contribution in [2.45, 2.75) is 32.4 Å². The number of likely N-dealkylation sites (tertiary alicyclic amines) is 1. The van der Waals surface area contributed by atoms with Crippen LogP contribution in [0.5, 0.6) is 5.75 Å². The van der Waals surface area contributed by atoms with Gasteiger partial charge in [0.1, 0.15) is 5.75 Å². The van der Waals surface area contributed by atoms with Crippen molar-refractivity contribution in [2.75, 3.05) is 20.2 Å². The van der Waals surface area contributed by atoms with Crippen molar-refractivity contribution in [3.05, 3.63) is 77.9 Å². The average Bonchev–Trinajstić information content (AvgIpc) is 3.28. The second kappa shape index (κ2) is 10.2. The molecule has 1 atom stereocenters. The fourth-order valence-electron chi connectivity index (χ4n) is 4.02. The molecule has 2 aromatic carbocycles. The summed E-state index contributed by atoms with van der Waals surface area (Å²) in [6.45, 7) is 3.56. The molecule has 33 heavy (non-hydrogen) atoms. The highest BCUT2D eigenvalue weighted by Gasteiger charge is 2.25. The lowest BCUT2D eigenvalue weighted by molar-refractivity contribution is 0.0910. The predicted molar refractivity (Wildman–Crippen MR) is 126 cm³/mol. The molecule has 1 unspecified atom stereocenters. The Morgan fingerprint density at radius 2 is 2.00 bits per heavy atom. The largest absolute Gasteiger partial charge is 0.495 e. The number of amides is 3. The maximum atomic E-state index is 12.9. The summed E-state index contributed by atoms with van der Waals surface area (Å²) in [7, 11) is 1.58. The van der Waals surface area contributed by atoms with Crippen LogP contribution in [0.1, 0.15) is 34.5 Å². The highest BCUT2D eigenvalue weighted by atomic mass is 16.5. The number of piperidine rings is 1. The summed E-state index contributed by atoms with van der Waals surface area (Å²) in [4.78, 5) is 31.5. The number of aromatic nitrogens is 2. The minimum Gasteiger partial charge on any atom is -0.495 e. The number of ether oxygens (including phenoxy) is 1. The normalized spacial score (nSPS) is 15.7. The predicted octanol–water partition coefficient (Wildman–Crippen LogP) is 3.29. The summed E-state index contributed by atoms with van der Waals surface area (Å²) in [5, 5.41) is 6.04. The molecule has 3 aromatic rings. The highest BCUT2D eigenvalue weighted by Crippen LogP contribution is 2.25. The third-order valence-electron chi connectivity index (χ3n) is 5.76. The van der Waals surface area contributed by atoms with Crippen LogP contribution in [0, 0.1) is 6.92 Å². The van der Waals surface area contributed by atoms with Crippen LogP contribution in [-0.2, 0) is 6.54 Å². The Labute approximate surface area is 193 Å². The van der Waals surface area contributed by atoms with Crippen molar-refractivity contribution in [3.8, 4) is 11.4 Å². The Hall–Kier alpha value is -3.81. The number of imidazole rings is 1. The maximum absolute atomic E-state index is 12.9. The van der Waals surface area contributed by atoms with Gasteiger partial charge in [0.15, 0.2) is 0 Å². The fourth-order valence-corrected chi connectivity index (χ4v) is 4.02. The van der Waals surface area contributed by atoms with Gasteiger partial charge in [-0.2, -0.15) is 0 Å². The fraction of sp³-hybridized carbons (Fsp3) is 0.320. The molecule has 2 N–H and O–H groups in total. The van der Waals surface area contributed by atoms with Crippen molar-refractivity contribution in [1.82, 2.24) is 25.1 Å². The molecule has 1 aromatic heterocycles. The van der Waals surface area contributed by atoms with E-state index >= 15 is 0 Å². The van der Waals surface area contributed by atoms with Crippen LogP contribution in [0.2, 0.25) is 0 Å². The van der Waals surface area contributed by atoms with E-state index in [1.54, 1.807) is 30.5 Å². The van der Waals surface area contributed by atoms with E-state index < -0.39 is 0 Å². The van der Waals surface area contributed by atoms with Gasteiger partial charge >= 0.3 is 6.03 Å². The molecule has 0 bridgehead atoms. The van der Waals surface area contributed by atoms with Crippen molar-refractivity contribution in [3.63, 3.8) is 0 Å². The van der Waals surface area contributed by atoms with Gasteiger partial charge in [0.25, 0.3) is 5.91 Å². The lowest BCUT2D eigenvalue weighted by atomic mass is 10.0. The number of nitrogens with one attached hydrogen (secondary N) is 2. The maximum Gasteiger partial charge on any atom is 0.317 e. The first-order chi connectivity index (χ1) is 16.0. The van der Waals surface area contributed by atoms with Gasteiger partial charge in [0, 0.05) is 37.4 Å². The first-order valence-electron chi connectivity index (χ1n) is 11.1. The summed E-state index contributed by atoms with van der Waals surface area (Å²) in [6, 6.07) is 14.9. The quantitative estimate of drug-likeness (QED) is 0.607. The minimum atomic E-state index is -0.182.